The zero-order valence-corrected chi connectivity index (χ0v) is 10.4. The van der Waals surface area contributed by atoms with Gasteiger partial charge in [-0.1, -0.05) is 44.5 Å². The highest BCUT2D eigenvalue weighted by Crippen LogP contribution is 2.09. The van der Waals surface area contributed by atoms with E-state index in [0.717, 1.165) is 25.8 Å². The van der Waals surface area contributed by atoms with Crippen LogP contribution in [-0.4, -0.2) is 17.8 Å². The van der Waals surface area contributed by atoms with Crippen LogP contribution in [0.15, 0.2) is 24.3 Å². The van der Waals surface area contributed by atoms with Gasteiger partial charge in [0.05, 0.1) is 6.61 Å². The summed E-state index contributed by atoms with van der Waals surface area (Å²) < 4.78 is 0. The van der Waals surface area contributed by atoms with Gasteiger partial charge < -0.3 is 10.4 Å². The molecule has 0 fully saturated rings. The first-order valence-corrected chi connectivity index (χ1v) is 6.22. The summed E-state index contributed by atoms with van der Waals surface area (Å²) in [5, 5.41) is 12.6. The first-order valence-electron chi connectivity index (χ1n) is 6.22. The summed E-state index contributed by atoms with van der Waals surface area (Å²) in [5.74, 6) is 0. The van der Waals surface area contributed by atoms with Crippen molar-refractivity contribution in [1.29, 1.82) is 0 Å². The Labute approximate surface area is 98.7 Å². The Morgan fingerprint density at radius 1 is 1.19 bits per heavy atom. The van der Waals surface area contributed by atoms with Crippen LogP contribution in [0.3, 0.4) is 0 Å². The molecule has 1 aromatic rings. The van der Waals surface area contributed by atoms with Crippen LogP contribution in [0.4, 0.5) is 0 Å². The van der Waals surface area contributed by atoms with Crippen LogP contribution in [0, 0.1) is 0 Å². The third-order valence-corrected chi connectivity index (χ3v) is 2.94. The number of rotatable bonds is 7. The predicted molar refractivity (Wildman–Crippen MR) is 68.4 cm³/mol. The lowest BCUT2D eigenvalue weighted by Crippen LogP contribution is -2.32. The predicted octanol–water partition coefficient (Wildman–Crippen LogP) is 2.50. The van der Waals surface area contributed by atoms with Crippen LogP contribution in [0.5, 0.6) is 0 Å². The molecule has 0 bridgehead atoms. The minimum absolute atomic E-state index is 0.224. The Kier molecular flexibility index (Phi) is 6.12. The van der Waals surface area contributed by atoms with Gasteiger partial charge in [-0.3, -0.25) is 0 Å². The number of benzene rings is 1. The van der Waals surface area contributed by atoms with E-state index in [2.05, 4.69) is 43.4 Å². The molecule has 0 heterocycles. The molecule has 0 radical (unpaired) electrons. The van der Waals surface area contributed by atoms with E-state index in [1.165, 1.54) is 11.1 Å². The molecule has 2 N–H and O–H groups in total. The molecule has 0 saturated heterocycles. The van der Waals surface area contributed by atoms with E-state index in [1.807, 2.05) is 0 Å². The van der Waals surface area contributed by atoms with Gasteiger partial charge in [0.2, 0.25) is 0 Å². The van der Waals surface area contributed by atoms with Crippen molar-refractivity contribution in [3.05, 3.63) is 35.4 Å². The van der Waals surface area contributed by atoms with E-state index < -0.39 is 0 Å². The van der Waals surface area contributed by atoms with Gasteiger partial charge in [-0.25, -0.2) is 0 Å². The van der Waals surface area contributed by atoms with Crippen molar-refractivity contribution in [1.82, 2.24) is 5.32 Å². The Morgan fingerprint density at radius 2 is 1.88 bits per heavy atom. The van der Waals surface area contributed by atoms with Crippen LogP contribution in [-0.2, 0) is 13.0 Å². The lowest BCUT2D eigenvalue weighted by molar-refractivity contribution is 0.234. The largest absolute Gasteiger partial charge is 0.395 e. The summed E-state index contributed by atoms with van der Waals surface area (Å²) in [4.78, 5) is 0. The third kappa shape index (κ3) is 3.95. The summed E-state index contributed by atoms with van der Waals surface area (Å²) >= 11 is 0. The summed E-state index contributed by atoms with van der Waals surface area (Å²) in [7, 11) is 0. The zero-order chi connectivity index (χ0) is 11.8. The molecule has 2 heteroatoms. The monoisotopic (exact) mass is 221 g/mol. The van der Waals surface area contributed by atoms with Crippen LogP contribution < -0.4 is 5.32 Å². The van der Waals surface area contributed by atoms with Crippen molar-refractivity contribution in [2.24, 2.45) is 0 Å². The highest BCUT2D eigenvalue weighted by atomic mass is 16.3. The first kappa shape index (κ1) is 13.2. The number of hydrogen-bond acceptors (Lipinski definition) is 2. The Morgan fingerprint density at radius 3 is 2.44 bits per heavy atom. The van der Waals surface area contributed by atoms with Crippen molar-refractivity contribution in [2.45, 2.75) is 45.7 Å². The van der Waals surface area contributed by atoms with E-state index in [-0.39, 0.29) is 12.6 Å². The van der Waals surface area contributed by atoms with Crippen molar-refractivity contribution in [2.75, 3.05) is 6.61 Å². The molecule has 0 spiro atoms. The quantitative estimate of drug-likeness (QED) is 0.741. The molecule has 90 valence electrons. The molecule has 16 heavy (non-hydrogen) atoms. The second-order valence-electron chi connectivity index (χ2n) is 4.17. The van der Waals surface area contributed by atoms with Crippen molar-refractivity contribution < 1.29 is 5.11 Å². The molecule has 1 atom stereocenters. The lowest BCUT2D eigenvalue weighted by Gasteiger charge is -2.16. The maximum atomic E-state index is 9.20. The molecule has 0 saturated carbocycles. The third-order valence-electron chi connectivity index (χ3n) is 2.94. The molecule has 0 aromatic heterocycles. The molecule has 1 aromatic carbocycles. The van der Waals surface area contributed by atoms with Crippen LogP contribution in [0.1, 0.15) is 37.8 Å². The SMILES string of the molecule is CCCC(CO)NCc1ccccc1CC. The molecule has 0 aliphatic carbocycles. The Hall–Kier alpha value is -0.860. The van der Waals surface area contributed by atoms with E-state index in [4.69, 9.17) is 0 Å². The Bertz CT molecular complexity index is 299. The second kappa shape index (κ2) is 7.42. The molecule has 1 unspecified atom stereocenters. The second-order valence-corrected chi connectivity index (χ2v) is 4.17. The molecule has 0 aliphatic rings. The van der Waals surface area contributed by atoms with Crippen LogP contribution in [0.25, 0.3) is 0 Å². The van der Waals surface area contributed by atoms with Gasteiger partial charge in [-0.2, -0.15) is 0 Å². The highest BCUT2D eigenvalue weighted by molar-refractivity contribution is 5.26. The minimum atomic E-state index is 0.224. The summed E-state index contributed by atoms with van der Waals surface area (Å²) in [6.07, 6.45) is 3.20. The lowest BCUT2D eigenvalue weighted by atomic mass is 10.0. The summed E-state index contributed by atoms with van der Waals surface area (Å²) in [6.45, 7) is 5.40. The van der Waals surface area contributed by atoms with Gasteiger partial charge in [-0.15, -0.1) is 0 Å². The maximum Gasteiger partial charge on any atom is 0.0584 e. The van der Waals surface area contributed by atoms with E-state index >= 15 is 0 Å². The number of aliphatic hydroxyl groups is 1. The average Bonchev–Trinajstić information content (AvgIpc) is 2.34. The van der Waals surface area contributed by atoms with E-state index in [0.29, 0.717) is 0 Å². The van der Waals surface area contributed by atoms with Crippen molar-refractivity contribution in [3.63, 3.8) is 0 Å². The van der Waals surface area contributed by atoms with Gasteiger partial charge in [0.15, 0.2) is 0 Å². The Balaban J connectivity index is 2.52. The topological polar surface area (TPSA) is 32.3 Å². The zero-order valence-electron chi connectivity index (χ0n) is 10.4. The van der Waals surface area contributed by atoms with Crippen molar-refractivity contribution in [3.8, 4) is 0 Å². The normalized spacial score (nSPS) is 12.7. The van der Waals surface area contributed by atoms with E-state index in [9.17, 15) is 5.11 Å². The molecule has 0 amide bonds. The van der Waals surface area contributed by atoms with Gasteiger partial charge in [0.1, 0.15) is 0 Å². The fraction of sp³-hybridized carbons (Fsp3) is 0.571. The van der Waals surface area contributed by atoms with Gasteiger partial charge in [0, 0.05) is 12.6 Å². The van der Waals surface area contributed by atoms with Gasteiger partial charge >= 0.3 is 0 Å². The fourth-order valence-electron chi connectivity index (χ4n) is 1.94. The van der Waals surface area contributed by atoms with E-state index in [1.54, 1.807) is 0 Å². The minimum Gasteiger partial charge on any atom is -0.395 e. The van der Waals surface area contributed by atoms with Crippen molar-refractivity contribution >= 4 is 0 Å². The fourth-order valence-corrected chi connectivity index (χ4v) is 1.94. The molecule has 2 nitrogen and oxygen atoms in total. The number of aliphatic hydroxyl groups excluding tert-OH is 1. The number of hydrogen-bond donors (Lipinski definition) is 2. The smallest absolute Gasteiger partial charge is 0.0584 e. The maximum absolute atomic E-state index is 9.20. The molecule has 0 aliphatic heterocycles. The number of nitrogens with one attached hydrogen (secondary N) is 1. The first-order chi connectivity index (χ1) is 7.81. The van der Waals surface area contributed by atoms with Gasteiger partial charge in [-0.05, 0) is 24.0 Å². The van der Waals surface area contributed by atoms with Crippen LogP contribution >= 0.6 is 0 Å². The summed E-state index contributed by atoms with van der Waals surface area (Å²) in [5.41, 5.74) is 2.74. The number of aryl methyl sites for hydroxylation is 1. The highest BCUT2D eigenvalue weighted by Gasteiger charge is 2.06. The summed E-state index contributed by atoms with van der Waals surface area (Å²) in [6, 6.07) is 8.72. The molecular weight excluding hydrogens is 198 g/mol. The average molecular weight is 221 g/mol. The standard InChI is InChI=1S/C14H23NO/c1-3-7-14(11-16)15-10-13-9-6-5-8-12(13)4-2/h5-6,8-9,14-16H,3-4,7,10-11H2,1-2H3. The van der Waals surface area contributed by atoms with Gasteiger partial charge in [0.25, 0.3) is 0 Å². The molecular formula is C14H23NO. The molecule has 1 rings (SSSR count). The van der Waals surface area contributed by atoms with Crippen LogP contribution in [0.2, 0.25) is 0 Å².